The van der Waals surface area contributed by atoms with Crippen molar-refractivity contribution in [3.8, 4) is 11.1 Å². The average Bonchev–Trinajstić information content (AvgIpc) is 2.73. The van der Waals surface area contributed by atoms with E-state index in [1.54, 1.807) is 18.2 Å². The van der Waals surface area contributed by atoms with Crippen LogP contribution in [0, 0.1) is 11.6 Å². The minimum Gasteiger partial charge on any atom is -0.207 e. The fourth-order valence-electron chi connectivity index (χ4n) is 4.07. The van der Waals surface area contributed by atoms with Crippen molar-refractivity contribution in [1.29, 1.82) is 0 Å². The Balaban J connectivity index is 1.65. The molecule has 0 unspecified atom stereocenters. The molecule has 0 aliphatic carbocycles. The lowest BCUT2D eigenvalue weighted by Gasteiger charge is -2.10. The topological polar surface area (TPSA) is 0 Å². The van der Waals surface area contributed by atoms with Gasteiger partial charge in [-0.05, 0) is 69.8 Å². The van der Waals surface area contributed by atoms with E-state index in [1.807, 2.05) is 6.07 Å². The van der Waals surface area contributed by atoms with Gasteiger partial charge >= 0.3 is 0 Å². The molecule has 2 heteroatoms. The Morgan fingerprint density at radius 1 is 0.655 bits per heavy atom. The maximum Gasteiger partial charge on any atom is 0.131 e. The highest BCUT2D eigenvalue weighted by Gasteiger charge is 2.10. The molecule has 0 N–H and O–H groups in total. The largest absolute Gasteiger partial charge is 0.207 e. The van der Waals surface area contributed by atoms with Gasteiger partial charge in [0.15, 0.2) is 0 Å². The zero-order valence-electron chi connectivity index (χ0n) is 16.8. The molecule has 0 aliphatic heterocycles. The smallest absolute Gasteiger partial charge is 0.131 e. The van der Waals surface area contributed by atoms with Gasteiger partial charge in [-0.1, -0.05) is 75.1 Å². The fourth-order valence-corrected chi connectivity index (χ4v) is 4.07. The molecule has 0 amide bonds. The quantitative estimate of drug-likeness (QED) is 0.220. The summed E-state index contributed by atoms with van der Waals surface area (Å²) in [5.74, 6) is -0.598. The van der Waals surface area contributed by atoms with Crippen LogP contribution in [0.2, 0.25) is 0 Å². The van der Waals surface area contributed by atoms with Gasteiger partial charge in [0.1, 0.15) is 11.6 Å². The summed E-state index contributed by atoms with van der Waals surface area (Å²) in [6.07, 6.45) is 7.48. The number of rotatable bonds is 7. The van der Waals surface area contributed by atoms with Crippen molar-refractivity contribution < 1.29 is 8.78 Å². The first-order chi connectivity index (χ1) is 14.2. The van der Waals surface area contributed by atoms with Gasteiger partial charge in [-0.3, -0.25) is 0 Å². The Kier molecular flexibility index (Phi) is 5.89. The van der Waals surface area contributed by atoms with Gasteiger partial charge in [0, 0.05) is 5.56 Å². The molecule has 0 fully saturated rings. The molecule has 0 saturated carbocycles. The summed E-state index contributed by atoms with van der Waals surface area (Å²) in [5.41, 5.74) is 2.53. The van der Waals surface area contributed by atoms with Crippen molar-refractivity contribution in [3.05, 3.63) is 83.9 Å². The van der Waals surface area contributed by atoms with Crippen molar-refractivity contribution >= 4 is 21.5 Å². The summed E-state index contributed by atoms with van der Waals surface area (Å²) in [7, 11) is 0. The number of benzene rings is 4. The van der Waals surface area contributed by atoms with Crippen LogP contribution >= 0.6 is 0 Å². The van der Waals surface area contributed by atoms with Gasteiger partial charge in [-0.25, -0.2) is 8.78 Å². The van der Waals surface area contributed by atoms with Gasteiger partial charge in [0.25, 0.3) is 0 Å². The van der Waals surface area contributed by atoms with Crippen LogP contribution in [-0.4, -0.2) is 0 Å². The highest BCUT2D eigenvalue weighted by molar-refractivity contribution is 6.08. The molecule has 0 heterocycles. The molecule has 0 atom stereocenters. The zero-order chi connectivity index (χ0) is 20.2. The van der Waals surface area contributed by atoms with Crippen molar-refractivity contribution in [2.75, 3.05) is 0 Å². The van der Waals surface area contributed by atoms with Gasteiger partial charge in [-0.15, -0.1) is 0 Å². The second kappa shape index (κ2) is 8.73. The van der Waals surface area contributed by atoms with E-state index in [2.05, 4.69) is 37.3 Å². The molecule has 0 saturated heterocycles. The van der Waals surface area contributed by atoms with Crippen molar-refractivity contribution in [3.63, 3.8) is 0 Å². The van der Waals surface area contributed by atoms with Gasteiger partial charge in [0.2, 0.25) is 0 Å². The molecule has 0 bridgehead atoms. The van der Waals surface area contributed by atoms with E-state index in [-0.39, 0.29) is 11.6 Å². The summed E-state index contributed by atoms with van der Waals surface area (Å²) in [6.45, 7) is 2.24. The highest BCUT2D eigenvalue weighted by Crippen LogP contribution is 2.32. The summed E-state index contributed by atoms with van der Waals surface area (Å²) >= 11 is 0. The Labute approximate surface area is 171 Å². The Bertz CT molecular complexity index is 1130. The van der Waals surface area contributed by atoms with Crippen molar-refractivity contribution in [2.45, 2.75) is 45.4 Å². The Hall–Kier alpha value is -2.74. The molecular formula is C27H26F2. The van der Waals surface area contributed by atoms with E-state index in [4.69, 9.17) is 0 Å². The number of hydrogen-bond donors (Lipinski definition) is 0. The predicted octanol–water partition coefficient (Wildman–Crippen LogP) is 8.45. The third-order valence-corrected chi connectivity index (χ3v) is 5.71. The normalized spacial score (nSPS) is 11.4. The van der Waals surface area contributed by atoms with Crippen LogP contribution < -0.4 is 0 Å². The maximum absolute atomic E-state index is 14.9. The minimum absolute atomic E-state index is 0.281. The van der Waals surface area contributed by atoms with Gasteiger partial charge in [0.05, 0.1) is 0 Å². The summed E-state index contributed by atoms with van der Waals surface area (Å²) in [4.78, 5) is 0. The highest BCUT2D eigenvalue weighted by atomic mass is 19.1. The first-order valence-electron chi connectivity index (χ1n) is 10.6. The van der Waals surface area contributed by atoms with Crippen LogP contribution in [0.4, 0.5) is 8.78 Å². The SMILES string of the molecule is CCCCCCCc1ccc2c(ccc3cc(-c4ccc(F)cc4)c(F)cc32)c1. The molecule has 0 aromatic heterocycles. The molecule has 4 rings (SSSR count). The molecule has 0 aliphatic rings. The van der Waals surface area contributed by atoms with E-state index < -0.39 is 0 Å². The Morgan fingerprint density at radius 2 is 1.38 bits per heavy atom. The molecular weight excluding hydrogens is 362 g/mol. The summed E-state index contributed by atoms with van der Waals surface area (Å²) in [6, 6.07) is 20.1. The molecule has 0 spiro atoms. The average molecular weight is 389 g/mol. The Morgan fingerprint density at radius 3 is 2.14 bits per heavy atom. The fraction of sp³-hybridized carbons (Fsp3) is 0.259. The molecule has 148 valence electrons. The van der Waals surface area contributed by atoms with E-state index in [9.17, 15) is 8.78 Å². The van der Waals surface area contributed by atoms with E-state index >= 15 is 0 Å². The van der Waals surface area contributed by atoms with Gasteiger partial charge in [-0.2, -0.15) is 0 Å². The van der Waals surface area contributed by atoms with Crippen LogP contribution in [0.25, 0.3) is 32.7 Å². The maximum atomic E-state index is 14.9. The number of aryl methyl sites for hydroxylation is 1. The third-order valence-electron chi connectivity index (χ3n) is 5.71. The number of unbranched alkanes of at least 4 members (excludes halogenated alkanes) is 4. The second-order valence-corrected chi connectivity index (χ2v) is 7.85. The lowest BCUT2D eigenvalue weighted by molar-refractivity contribution is 0.626. The van der Waals surface area contributed by atoms with E-state index in [1.165, 1.54) is 49.8 Å². The summed E-state index contributed by atoms with van der Waals surface area (Å²) in [5, 5.41) is 4.13. The molecule has 29 heavy (non-hydrogen) atoms. The van der Waals surface area contributed by atoms with E-state index in [0.717, 1.165) is 28.0 Å². The van der Waals surface area contributed by atoms with Crippen molar-refractivity contribution in [1.82, 2.24) is 0 Å². The second-order valence-electron chi connectivity index (χ2n) is 7.85. The molecule has 4 aromatic carbocycles. The molecule has 4 aromatic rings. The standard InChI is InChI=1S/C27H26F2/c1-2-3-4-5-6-7-19-8-15-24-21(16-19)9-10-22-17-26(27(29)18-25(22)24)20-11-13-23(28)14-12-20/h8-18H,2-7H2,1H3. The van der Waals surface area contributed by atoms with Crippen LogP contribution in [0.3, 0.4) is 0 Å². The van der Waals surface area contributed by atoms with E-state index in [0.29, 0.717) is 11.1 Å². The minimum atomic E-state index is -0.317. The first kappa shape index (κ1) is 19.6. The predicted molar refractivity (Wildman–Crippen MR) is 119 cm³/mol. The third kappa shape index (κ3) is 4.32. The monoisotopic (exact) mass is 388 g/mol. The molecule has 0 nitrogen and oxygen atoms in total. The molecule has 0 radical (unpaired) electrons. The van der Waals surface area contributed by atoms with Crippen LogP contribution in [0.1, 0.15) is 44.6 Å². The summed E-state index contributed by atoms with van der Waals surface area (Å²) < 4.78 is 28.1. The zero-order valence-corrected chi connectivity index (χ0v) is 16.8. The number of halogens is 2. The van der Waals surface area contributed by atoms with Gasteiger partial charge < -0.3 is 0 Å². The lowest BCUT2D eigenvalue weighted by atomic mass is 9.95. The number of fused-ring (bicyclic) bond motifs is 3. The number of hydrogen-bond acceptors (Lipinski definition) is 0. The first-order valence-corrected chi connectivity index (χ1v) is 10.6. The van der Waals surface area contributed by atoms with Crippen LogP contribution in [-0.2, 0) is 6.42 Å². The van der Waals surface area contributed by atoms with Crippen LogP contribution in [0.5, 0.6) is 0 Å². The van der Waals surface area contributed by atoms with Crippen LogP contribution in [0.15, 0.2) is 66.7 Å². The van der Waals surface area contributed by atoms with Crippen molar-refractivity contribution in [2.24, 2.45) is 0 Å². The lowest BCUT2D eigenvalue weighted by Crippen LogP contribution is -1.89.